The molecular formula is C28H25BO4. The number of hydrogen-bond acceptors (Lipinski definition) is 4. The fraction of sp³-hybridized carbons (Fsp3) is 0.0714. The molecule has 0 aliphatic rings. The normalized spacial score (nSPS) is 10.4. The maximum atomic E-state index is 9.55. The summed E-state index contributed by atoms with van der Waals surface area (Å²) in [4.78, 5) is 0. The average molecular weight is 436 g/mol. The lowest BCUT2D eigenvalue weighted by molar-refractivity contribution is 0.414. The Morgan fingerprint density at radius 3 is 1.24 bits per heavy atom. The Bertz CT molecular complexity index is 1160. The third-order valence-corrected chi connectivity index (χ3v) is 5.57. The molecule has 0 aliphatic carbocycles. The van der Waals surface area contributed by atoms with Crippen LogP contribution in [-0.4, -0.2) is 31.4 Å². The Kier molecular flexibility index (Phi) is 6.93. The molecule has 4 nitrogen and oxygen atoms in total. The molecule has 5 heteroatoms. The highest BCUT2D eigenvalue weighted by atomic mass is 16.5. The summed E-state index contributed by atoms with van der Waals surface area (Å²) in [6, 6.07) is 33.5. The van der Waals surface area contributed by atoms with Gasteiger partial charge in [0.25, 0.3) is 0 Å². The summed E-state index contributed by atoms with van der Waals surface area (Å²) in [5, 5.41) is 19.1. The van der Waals surface area contributed by atoms with E-state index in [2.05, 4.69) is 12.1 Å². The Hall–Kier alpha value is -3.80. The smallest absolute Gasteiger partial charge is 0.488 e. The lowest BCUT2D eigenvalue weighted by Gasteiger charge is -2.19. The van der Waals surface area contributed by atoms with Gasteiger partial charge in [-0.25, -0.2) is 0 Å². The molecule has 4 aromatic rings. The van der Waals surface area contributed by atoms with E-state index in [0.717, 1.165) is 44.9 Å². The molecule has 33 heavy (non-hydrogen) atoms. The zero-order valence-corrected chi connectivity index (χ0v) is 18.6. The molecule has 0 amide bonds. The molecule has 0 heterocycles. The van der Waals surface area contributed by atoms with Crippen LogP contribution in [0.3, 0.4) is 0 Å². The summed E-state index contributed by atoms with van der Waals surface area (Å²) >= 11 is 0. The second kappa shape index (κ2) is 10.2. The van der Waals surface area contributed by atoms with Crippen LogP contribution in [0, 0.1) is 0 Å². The summed E-state index contributed by atoms with van der Waals surface area (Å²) in [5.74, 6) is 1.57. The van der Waals surface area contributed by atoms with Crippen LogP contribution in [0.1, 0.15) is 22.3 Å². The van der Waals surface area contributed by atoms with Crippen molar-refractivity contribution in [2.45, 2.75) is 0 Å². The maximum Gasteiger partial charge on any atom is 0.488 e. The number of rotatable bonds is 7. The highest BCUT2D eigenvalue weighted by Gasteiger charge is 2.18. The molecule has 4 rings (SSSR count). The molecule has 2 N–H and O–H groups in total. The second-order valence-electron chi connectivity index (χ2n) is 7.57. The van der Waals surface area contributed by atoms with Crippen molar-refractivity contribution in [1.29, 1.82) is 0 Å². The molecule has 164 valence electrons. The molecule has 0 radical (unpaired) electrons. The average Bonchev–Trinajstić information content (AvgIpc) is 2.88. The minimum Gasteiger partial charge on any atom is -0.497 e. The Morgan fingerprint density at radius 2 is 0.879 bits per heavy atom. The first-order valence-corrected chi connectivity index (χ1v) is 10.7. The van der Waals surface area contributed by atoms with Gasteiger partial charge in [-0.1, -0.05) is 78.9 Å². The summed E-state index contributed by atoms with van der Waals surface area (Å²) in [6.45, 7) is 0. The van der Waals surface area contributed by atoms with Crippen LogP contribution in [0.4, 0.5) is 0 Å². The zero-order valence-electron chi connectivity index (χ0n) is 18.6. The van der Waals surface area contributed by atoms with Crippen LogP contribution >= 0.6 is 0 Å². The third-order valence-electron chi connectivity index (χ3n) is 5.57. The van der Waals surface area contributed by atoms with Gasteiger partial charge in [0.2, 0.25) is 0 Å². The van der Waals surface area contributed by atoms with Gasteiger partial charge in [-0.05, 0) is 63.1 Å². The molecule has 0 fully saturated rings. The van der Waals surface area contributed by atoms with Gasteiger partial charge < -0.3 is 19.5 Å². The van der Waals surface area contributed by atoms with E-state index in [0.29, 0.717) is 5.46 Å². The van der Waals surface area contributed by atoms with Crippen molar-refractivity contribution in [3.8, 4) is 11.5 Å². The molecule has 0 saturated carbocycles. The number of ether oxygens (including phenoxy) is 2. The van der Waals surface area contributed by atoms with E-state index in [1.807, 2.05) is 78.9 Å². The summed E-state index contributed by atoms with van der Waals surface area (Å²) in [7, 11) is 1.80. The van der Waals surface area contributed by atoms with Crippen LogP contribution in [0.5, 0.6) is 11.5 Å². The quantitative estimate of drug-likeness (QED) is 0.333. The first-order chi connectivity index (χ1) is 16.1. The molecule has 0 unspecified atom stereocenters. The van der Waals surface area contributed by atoms with Crippen molar-refractivity contribution >= 4 is 23.7 Å². The van der Waals surface area contributed by atoms with E-state index in [-0.39, 0.29) is 0 Å². The number of hydrogen-bond donors (Lipinski definition) is 2. The van der Waals surface area contributed by atoms with Crippen LogP contribution in [0.2, 0.25) is 0 Å². The summed E-state index contributed by atoms with van der Waals surface area (Å²) in [5.41, 5.74) is 6.61. The van der Waals surface area contributed by atoms with Gasteiger partial charge >= 0.3 is 7.12 Å². The summed E-state index contributed by atoms with van der Waals surface area (Å²) in [6.07, 6.45) is 0. The Labute approximate surface area is 194 Å². The number of benzene rings is 4. The van der Waals surface area contributed by atoms with Gasteiger partial charge in [-0.15, -0.1) is 0 Å². The van der Waals surface area contributed by atoms with Crippen molar-refractivity contribution < 1.29 is 19.5 Å². The van der Waals surface area contributed by atoms with E-state index in [4.69, 9.17) is 9.47 Å². The molecule has 0 spiro atoms. The lowest BCUT2D eigenvalue weighted by atomic mass is 9.78. The second-order valence-corrected chi connectivity index (χ2v) is 7.57. The van der Waals surface area contributed by atoms with Crippen molar-refractivity contribution in [1.82, 2.24) is 0 Å². The van der Waals surface area contributed by atoms with E-state index in [9.17, 15) is 10.0 Å². The van der Waals surface area contributed by atoms with Gasteiger partial charge in [0.15, 0.2) is 0 Å². The first kappa shape index (κ1) is 22.4. The molecule has 0 bridgehead atoms. The van der Waals surface area contributed by atoms with Crippen LogP contribution in [0.15, 0.2) is 103 Å². The zero-order chi connectivity index (χ0) is 23.2. The molecule has 0 atom stereocenters. The lowest BCUT2D eigenvalue weighted by Crippen LogP contribution is -2.29. The monoisotopic (exact) mass is 436 g/mol. The Balaban J connectivity index is 2.02. The van der Waals surface area contributed by atoms with Crippen LogP contribution in [0.25, 0.3) is 11.1 Å². The highest BCUT2D eigenvalue weighted by molar-refractivity contribution is 6.58. The topological polar surface area (TPSA) is 58.9 Å². The van der Waals surface area contributed by atoms with Crippen LogP contribution < -0.4 is 14.9 Å². The highest BCUT2D eigenvalue weighted by Crippen LogP contribution is 2.37. The minimum absolute atomic E-state index is 0.446. The van der Waals surface area contributed by atoms with Crippen molar-refractivity contribution in [3.63, 3.8) is 0 Å². The molecule has 0 aromatic heterocycles. The largest absolute Gasteiger partial charge is 0.497 e. The summed E-state index contributed by atoms with van der Waals surface area (Å²) < 4.78 is 10.7. The minimum atomic E-state index is -1.51. The van der Waals surface area contributed by atoms with Gasteiger partial charge in [0, 0.05) is 0 Å². The third kappa shape index (κ3) is 5.01. The molecule has 0 aliphatic heterocycles. The van der Waals surface area contributed by atoms with Gasteiger partial charge in [-0.2, -0.15) is 0 Å². The molecule has 4 aromatic carbocycles. The first-order valence-electron chi connectivity index (χ1n) is 10.7. The standard InChI is InChI=1S/C28H25BO4/c1-32-25-16-10-22(11-17-25)28(23-12-18-26(33-2)19-13-23)27(20-6-4-3-5-7-20)21-8-14-24(15-9-21)29(30)31/h3-19,30-31H,1-2H3. The molecular weight excluding hydrogens is 411 g/mol. The van der Waals surface area contributed by atoms with E-state index in [1.165, 1.54) is 0 Å². The predicted molar refractivity (Wildman–Crippen MR) is 134 cm³/mol. The number of methoxy groups -OCH3 is 2. The molecule has 0 saturated heterocycles. The Morgan fingerprint density at radius 1 is 0.515 bits per heavy atom. The fourth-order valence-corrected chi connectivity index (χ4v) is 3.85. The SMILES string of the molecule is COc1ccc(C(=C(c2ccccc2)c2ccc(B(O)O)cc2)c2ccc(OC)cc2)cc1. The van der Waals surface area contributed by atoms with E-state index < -0.39 is 7.12 Å². The van der Waals surface area contributed by atoms with Crippen molar-refractivity contribution in [3.05, 3.63) is 125 Å². The van der Waals surface area contributed by atoms with E-state index in [1.54, 1.807) is 26.4 Å². The maximum absolute atomic E-state index is 9.55. The van der Waals surface area contributed by atoms with Crippen molar-refractivity contribution in [2.75, 3.05) is 14.2 Å². The van der Waals surface area contributed by atoms with Gasteiger partial charge in [0.1, 0.15) is 11.5 Å². The van der Waals surface area contributed by atoms with Crippen LogP contribution in [-0.2, 0) is 0 Å². The van der Waals surface area contributed by atoms with Gasteiger partial charge in [-0.3, -0.25) is 0 Å². The van der Waals surface area contributed by atoms with Crippen molar-refractivity contribution in [2.24, 2.45) is 0 Å². The van der Waals surface area contributed by atoms with Gasteiger partial charge in [0.05, 0.1) is 14.2 Å². The predicted octanol–water partition coefficient (Wildman–Crippen LogP) is 4.39. The fourth-order valence-electron chi connectivity index (χ4n) is 3.85. The van der Waals surface area contributed by atoms with E-state index >= 15 is 0 Å².